The molecule has 1 saturated carbocycles. The van der Waals surface area contributed by atoms with Gasteiger partial charge in [0.05, 0.1) is 20.8 Å². The second kappa shape index (κ2) is 12.6. The Labute approximate surface area is 223 Å². The fourth-order valence-corrected chi connectivity index (χ4v) is 5.10. The number of carbonyl (C=O) groups excluding carboxylic acids is 2. The molecule has 37 heavy (non-hydrogen) atoms. The summed E-state index contributed by atoms with van der Waals surface area (Å²) in [4.78, 5) is 32.6. The lowest BCUT2D eigenvalue weighted by Crippen LogP contribution is -2.43. The first-order chi connectivity index (χ1) is 18.0. The van der Waals surface area contributed by atoms with E-state index in [1.165, 1.54) is 4.88 Å². The fourth-order valence-electron chi connectivity index (χ4n) is 4.20. The summed E-state index contributed by atoms with van der Waals surface area (Å²) in [6.45, 7) is 3.21. The van der Waals surface area contributed by atoms with E-state index >= 15 is 0 Å². The molecule has 3 aromatic rings. The number of carbonyl (C=O) groups is 2. The van der Waals surface area contributed by atoms with Gasteiger partial charge in [-0.2, -0.15) is 0 Å². The Kier molecular flexibility index (Phi) is 9.01. The lowest BCUT2D eigenvalue weighted by Gasteiger charge is -2.27. The highest BCUT2D eigenvalue weighted by Gasteiger charge is 2.34. The summed E-state index contributed by atoms with van der Waals surface area (Å²) in [5.74, 6) is 1.18. The van der Waals surface area contributed by atoms with Gasteiger partial charge in [0.2, 0.25) is 11.8 Å². The van der Waals surface area contributed by atoms with E-state index in [4.69, 9.17) is 9.47 Å². The molecule has 1 aromatic heterocycles. The summed E-state index contributed by atoms with van der Waals surface area (Å²) >= 11 is 1.69. The van der Waals surface area contributed by atoms with E-state index < -0.39 is 0 Å². The highest BCUT2D eigenvalue weighted by atomic mass is 32.1. The monoisotopic (exact) mass is 518 g/mol. The van der Waals surface area contributed by atoms with Crippen LogP contribution in [0.25, 0.3) is 6.08 Å². The van der Waals surface area contributed by atoms with Crippen molar-refractivity contribution in [1.29, 1.82) is 0 Å². The van der Waals surface area contributed by atoms with Gasteiger partial charge >= 0.3 is 0 Å². The topological polar surface area (TPSA) is 59.1 Å². The third-order valence-corrected chi connectivity index (χ3v) is 7.39. The maximum absolute atomic E-state index is 13.6. The average Bonchev–Trinajstić information content (AvgIpc) is 3.68. The molecule has 0 atom stereocenters. The minimum absolute atomic E-state index is 0.0418. The molecule has 2 amide bonds. The zero-order valence-electron chi connectivity index (χ0n) is 21.7. The molecule has 7 heteroatoms. The average molecular weight is 519 g/mol. The molecule has 0 aliphatic heterocycles. The minimum atomic E-state index is -0.119. The molecule has 0 unspecified atom stereocenters. The SMILES string of the molecule is COc1ccc(CCN(Cc2ccc(C)s2)C(=O)CN(C(=O)C=Cc2ccccc2)C2CC2)cc1OC. The first kappa shape index (κ1) is 26.5. The smallest absolute Gasteiger partial charge is 0.247 e. The van der Waals surface area contributed by atoms with Gasteiger partial charge in [0.1, 0.15) is 6.54 Å². The predicted octanol–water partition coefficient (Wildman–Crippen LogP) is 5.35. The van der Waals surface area contributed by atoms with E-state index in [0.717, 1.165) is 28.8 Å². The Morgan fingerprint density at radius 3 is 2.41 bits per heavy atom. The Morgan fingerprint density at radius 1 is 1.00 bits per heavy atom. The number of ether oxygens (including phenoxy) is 2. The maximum Gasteiger partial charge on any atom is 0.247 e. The van der Waals surface area contributed by atoms with E-state index in [1.807, 2.05) is 59.5 Å². The van der Waals surface area contributed by atoms with Crippen LogP contribution >= 0.6 is 11.3 Å². The molecule has 1 heterocycles. The zero-order chi connectivity index (χ0) is 26.2. The molecule has 0 N–H and O–H groups in total. The van der Waals surface area contributed by atoms with Crippen LogP contribution in [0.5, 0.6) is 11.5 Å². The van der Waals surface area contributed by atoms with Gasteiger partial charge in [0.15, 0.2) is 11.5 Å². The van der Waals surface area contributed by atoms with Gasteiger partial charge in [-0.05, 0) is 67.7 Å². The summed E-state index contributed by atoms with van der Waals surface area (Å²) in [6.07, 6.45) is 5.94. The maximum atomic E-state index is 13.6. The summed E-state index contributed by atoms with van der Waals surface area (Å²) in [5.41, 5.74) is 2.02. The van der Waals surface area contributed by atoms with Crippen LogP contribution in [-0.2, 0) is 22.6 Å². The number of rotatable bonds is 12. The molecule has 1 aliphatic rings. The molecule has 2 aromatic carbocycles. The van der Waals surface area contributed by atoms with Crippen molar-refractivity contribution >= 4 is 29.2 Å². The number of thiophene rings is 1. The number of amides is 2. The summed E-state index contributed by atoms with van der Waals surface area (Å²) in [5, 5.41) is 0. The molecule has 0 saturated heterocycles. The molecular formula is C30H34N2O4S. The molecule has 6 nitrogen and oxygen atoms in total. The summed E-state index contributed by atoms with van der Waals surface area (Å²) in [7, 11) is 3.23. The van der Waals surface area contributed by atoms with Gasteiger partial charge in [-0.1, -0.05) is 36.4 Å². The van der Waals surface area contributed by atoms with Crippen LogP contribution in [0.1, 0.15) is 33.7 Å². The van der Waals surface area contributed by atoms with Crippen molar-refractivity contribution in [2.45, 2.75) is 38.8 Å². The van der Waals surface area contributed by atoms with Crippen molar-refractivity contribution < 1.29 is 19.1 Å². The lowest BCUT2D eigenvalue weighted by molar-refractivity contribution is -0.139. The third kappa shape index (κ3) is 7.46. The number of nitrogens with zero attached hydrogens (tertiary/aromatic N) is 2. The number of hydrogen-bond acceptors (Lipinski definition) is 5. The molecule has 1 aliphatic carbocycles. The second-order valence-electron chi connectivity index (χ2n) is 9.21. The first-order valence-electron chi connectivity index (χ1n) is 12.5. The van der Waals surface area contributed by atoms with Gasteiger partial charge < -0.3 is 19.3 Å². The van der Waals surface area contributed by atoms with E-state index in [9.17, 15) is 9.59 Å². The molecule has 1 fully saturated rings. The summed E-state index contributed by atoms with van der Waals surface area (Å²) < 4.78 is 10.8. The first-order valence-corrected chi connectivity index (χ1v) is 13.4. The van der Waals surface area contributed by atoms with E-state index in [1.54, 1.807) is 36.5 Å². The molecular weight excluding hydrogens is 484 g/mol. The van der Waals surface area contributed by atoms with Crippen LogP contribution in [0.2, 0.25) is 0 Å². The Hall–Kier alpha value is -3.58. The van der Waals surface area contributed by atoms with Gasteiger partial charge in [-0.25, -0.2) is 0 Å². The van der Waals surface area contributed by atoms with Crippen LogP contribution in [0.4, 0.5) is 0 Å². The van der Waals surface area contributed by atoms with Crippen molar-refractivity contribution in [2.75, 3.05) is 27.3 Å². The number of methoxy groups -OCH3 is 2. The van der Waals surface area contributed by atoms with E-state index in [0.29, 0.717) is 31.0 Å². The summed E-state index contributed by atoms with van der Waals surface area (Å²) in [6, 6.07) is 19.8. The van der Waals surface area contributed by atoms with Crippen molar-refractivity contribution in [2.24, 2.45) is 0 Å². The van der Waals surface area contributed by atoms with Crippen molar-refractivity contribution in [3.8, 4) is 11.5 Å². The molecule has 0 radical (unpaired) electrons. The largest absolute Gasteiger partial charge is 0.493 e. The van der Waals surface area contributed by atoms with E-state index in [-0.39, 0.29) is 24.4 Å². The molecule has 4 rings (SSSR count). The Morgan fingerprint density at radius 2 is 1.76 bits per heavy atom. The number of benzene rings is 2. The second-order valence-corrected chi connectivity index (χ2v) is 10.6. The number of aryl methyl sites for hydroxylation is 1. The van der Waals surface area contributed by atoms with Gasteiger partial charge in [0.25, 0.3) is 0 Å². The van der Waals surface area contributed by atoms with Crippen LogP contribution in [0, 0.1) is 6.92 Å². The standard InChI is InChI=1S/C30H34N2O4S/c1-22-9-14-26(37-22)20-31(18-17-24-10-15-27(35-2)28(19-24)36-3)30(34)21-32(25-12-13-25)29(33)16-11-23-7-5-4-6-8-23/h4-11,14-16,19,25H,12-13,17-18,20-21H2,1-3H3. The van der Waals surface area contributed by atoms with Crippen LogP contribution < -0.4 is 9.47 Å². The van der Waals surface area contributed by atoms with Crippen molar-refractivity contribution in [1.82, 2.24) is 9.80 Å². The van der Waals surface area contributed by atoms with Gasteiger partial charge in [-0.15, -0.1) is 11.3 Å². The third-order valence-electron chi connectivity index (χ3n) is 6.41. The lowest BCUT2D eigenvalue weighted by atomic mass is 10.1. The van der Waals surface area contributed by atoms with Crippen LogP contribution in [-0.4, -0.2) is 55.0 Å². The van der Waals surface area contributed by atoms with Crippen LogP contribution in [0.15, 0.2) is 66.7 Å². The molecule has 194 valence electrons. The van der Waals surface area contributed by atoms with E-state index in [2.05, 4.69) is 19.1 Å². The van der Waals surface area contributed by atoms with Crippen molar-refractivity contribution in [3.63, 3.8) is 0 Å². The van der Waals surface area contributed by atoms with Crippen molar-refractivity contribution in [3.05, 3.63) is 87.6 Å². The quantitative estimate of drug-likeness (QED) is 0.303. The zero-order valence-corrected chi connectivity index (χ0v) is 22.5. The normalized spacial score (nSPS) is 12.9. The van der Waals surface area contributed by atoms with Gasteiger partial charge in [-0.3, -0.25) is 9.59 Å². The molecule has 0 bridgehead atoms. The van der Waals surface area contributed by atoms with Gasteiger partial charge in [0, 0.05) is 28.4 Å². The van der Waals surface area contributed by atoms with Crippen LogP contribution in [0.3, 0.4) is 0 Å². The minimum Gasteiger partial charge on any atom is -0.493 e. The fraction of sp³-hybridized carbons (Fsp3) is 0.333. The Bertz CT molecular complexity index is 1230. The number of hydrogen-bond donors (Lipinski definition) is 0. The Balaban J connectivity index is 1.47. The molecule has 0 spiro atoms. The predicted molar refractivity (Wildman–Crippen MR) is 148 cm³/mol. The highest BCUT2D eigenvalue weighted by molar-refractivity contribution is 7.11. The highest BCUT2D eigenvalue weighted by Crippen LogP contribution is 2.29.